The number of nitrogens with zero attached hydrogens (tertiary/aromatic N) is 2. The van der Waals surface area contributed by atoms with Crippen LogP contribution in [0.1, 0.15) is 19.3 Å². The Hall–Kier alpha value is -1.31. The van der Waals surface area contributed by atoms with E-state index in [0.717, 1.165) is 18.8 Å². The molecule has 0 bridgehead atoms. The highest BCUT2D eigenvalue weighted by atomic mass is 32.2. The first-order chi connectivity index (χ1) is 10.0. The van der Waals surface area contributed by atoms with Crippen molar-refractivity contribution in [3.8, 4) is 0 Å². The van der Waals surface area contributed by atoms with Crippen molar-refractivity contribution in [3.05, 3.63) is 24.3 Å². The summed E-state index contributed by atoms with van der Waals surface area (Å²) in [4.78, 5) is 2.30. The minimum absolute atomic E-state index is 0.0234. The fourth-order valence-corrected chi connectivity index (χ4v) is 3.32. The van der Waals surface area contributed by atoms with E-state index in [1.165, 1.54) is 24.2 Å². The zero-order valence-electron chi connectivity index (χ0n) is 12.3. The summed E-state index contributed by atoms with van der Waals surface area (Å²) in [5.41, 5.74) is 1.68. The van der Waals surface area contributed by atoms with Crippen LogP contribution in [0.4, 0.5) is 11.4 Å². The van der Waals surface area contributed by atoms with Crippen LogP contribution in [0.2, 0.25) is 0 Å². The highest BCUT2D eigenvalue weighted by Crippen LogP contribution is 2.22. The number of hydrogen-bond acceptors (Lipinski definition) is 4. The Morgan fingerprint density at radius 2 is 1.86 bits per heavy atom. The molecule has 1 aromatic carbocycles. The zero-order chi connectivity index (χ0) is 15.3. The average Bonchev–Trinajstić information content (AvgIpc) is 2.99. The van der Waals surface area contributed by atoms with Crippen molar-refractivity contribution in [3.63, 3.8) is 0 Å². The summed E-state index contributed by atoms with van der Waals surface area (Å²) in [5, 5.41) is 8.76. The van der Waals surface area contributed by atoms with Gasteiger partial charge in [0.05, 0.1) is 0 Å². The lowest BCUT2D eigenvalue weighted by Crippen LogP contribution is -2.33. The molecule has 1 aromatic rings. The Kier molecular flexibility index (Phi) is 5.44. The van der Waals surface area contributed by atoms with Crippen molar-refractivity contribution in [2.45, 2.75) is 19.3 Å². The summed E-state index contributed by atoms with van der Waals surface area (Å²) >= 11 is 0. The molecule has 1 fully saturated rings. The second-order valence-corrected chi connectivity index (χ2v) is 7.02. The lowest BCUT2D eigenvalue weighted by Gasteiger charge is -2.20. The third-order valence-electron chi connectivity index (χ3n) is 3.63. The van der Waals surface area contributed by atoms with Crippen molar-refractivity contribution in [1.82, 2.24) is 4.31 Å². The molecule has 1 aliphatic heterocycles. The molecule has 1 saturated heterocycles. The molecule has 0 aliphatic carbocycles. The van der Waals surface area contributed by atoms with E-state index in [4.69, 9.17) is 5.11 Å². The van der Waals surface area contributed by atoms with Crippen LogP contribution < -0.4 is 9.62 Å². The monoisotopic (exact) mass is 313 g/mol. The first kappa shape index (κ1) is 16.1. The molecule has 7 heteroatoms. The molecule has 0 atom stereocenters. The van der Waals surface area contributed by atoms with E-state index in [9.17, 15) is 8.42 Å². The van der Waals surface area contributed by atoms with Crippen LogP contribution in [0.25, 0.3) is 0 Å². The molecule has 0 saturated carbocycles. The minimum Gasteiger partial charge on any atom is -0.396 e. The fourth-order valence-electron chi connectivity index (χ4n) is 2.36. The van der Waals surface area contributed by atoms with E-state index in [1.54, 1.807) is 12.1 Å². The van der Waals surface area contributed by atoms with E-state index in [2.05, 4.69) is 9.62 Å². The third-order valence-corrected chi connectivity index (χ3v) is 5.12. The van der Waals surface area contributed by atoms with E-state index in [1.807, 2.05) is 12.1 Å². The number of nitrogens with one attached hydrogen (secondary N) is 1. The van der Waals surface area contributed by atoms with Gasteiger partial charge in [0, 0.05) is 44.7 Å². The van der Waals surface area contributed by atoms with Gasteiger partial charge >= 0.3 is 10.2 Å². The van der Waals surface area contributed by atoms with Crippen LogP contribution in [-0.4, -0.2) is 51.1 Å². The number of anilines is 2. The number of rotatable bonds is 7. The van der Waals surface area contributed by atoms with Gasteiger partial charge in [0.15, 0.2) is 0 Å². The van der Waals surface area contributed by atoms with Crippen LogP contribution in [0, 0.1) is 0 Å². The molecule has 2 N–H and O–H groups in total. The molecule has 0 aromatic heterocycles. The average molecular weight is 313 g/mol. The molecule has 118 valence electrons. The number of benzene rings is 1. The molecular formula is C14H23N3O3S. The quantitative estimate of drug-likeness (QED) is 0.795. The van der Waals surface area contributed by atoms with Gasteiger partial charge in [-0.25, -0.2) is 0 Å². The summed E-state index contributed by atoms with van der Waals surface area (Å²) < 4.78 is 27.9. The van der Waals surface area contributed by atoms with Gasteiger partial charge < -0.3 is 10.0 Å². The summed E-state index contributed by atoms with van der Waals surface area (Å²) in [6.07, 6.45) is 2.85. The van der Waals surface area contributed by atoms with Gasteiger partial charge in [0.25, 0.3) is 0 Å². The lowest BCUT2D eigenvalue weighted by molar-refractivity contribution is 0.276. The first-order valence-electron chi connectivity index (χ1n) is 7.23. The van der Waals surface area contributed by atoms with Crippen LogP contribution in [0.3, 0.4) is 0 Å². The molecular weight excluding hydrogens is 290 g/mol. The van der Waals surface area contributed by atoms with Gasteiger partial charge in [-0.3, -0.25) is 4.72 Å². The van der Waals surface area contributed by atoms with E-state index >= 15 is 0 Å². The van der Waals surface area contributed by atoms with Crippen molar-refractivity contribution in [2.24, 2.45) is 0 Å². The van der Waals surface area contributed by atoms with E-state index in [0.29, 0.717) is 12.1 Å². The Labute approximate surface area is 126 Å². The molecule has 0 radical (unpaired) electrons. The Balaban J connectivity index is 1.98. The summed E-state index contributed by atoms with van der Waals surface area (Å²) in [7, 11) is -2.06. The largest absolute Gasteiger partial charge is 0.396 e. The van der Waals surface area contributed by atoms with Gasteiger partial charge in [-0.1, -0.05) is 0 Å². The van der Waals surface area contributed by atoms with Gasteiger partial charge in [0.2, 0.25) is 0 Å². The van der Waals surface area contributed by atoms with Crippen LogP contribution >= 0.6 is 0 Å². The van der Waals surface area contributed by atoms with Crippen molar-refractivity contribution in [2.75, 3.05) is 42.9 Å². The third kappa shape index (κ3) is 4.33. The smallest absolute Gasteiger partial charge is 0.301 e. The predicted octanol–water partition coefficient (Wildman–Crippen LogP) is 1.26. The summed E-state index contributed by atoms with van der Waals surface area (Å²) in [6.45, 7) is 2.39. The Morgan fingerprint density at radius 1 is 1.24 bits per heavy atom. The van der Waals surface area contributed by atoms with Gasteiger partial charge in [0.1, 0.15) is 0 Å². The maximum Gasteiger partial charge on any atom is 0.301 e. The van der Waals surface area contributed by atoms with E-state index in [-0.39, 0.29) is 13.2 Å². The molecule has 6 nitrogen and oxygen atoms in total. The number of aliphatic hydroxyl groups excluding tert-OH is 1. The van der Waals surface area contributed by atoms with Crippen molar-refractivity contribution >= 4 is 21.6 Å². The molecule has 21 heavy (non-hydrogen) atoms. The molecule has 0 spiro atoms. The van der Waals surface area contributed by atoms with Crippen LogP contribution in [-0.2, 0) is 10.2 Å². The maximum absolute atomic E-state index is 12.1. The molecule has 1 heterocycles. The van der Waals surface area contributed by atoms with Crippen LogP contribution in [0.5, 0.6) is 0 Å². The van der Waals surface area contributed by atoms with Crippen LogP contribution in [0.15, 0.2) is 24.3 Å². The second-order valence-electron chi connectivity index (χ2n) is 5.25. The van der Waals surface area contributed by atoms with Crippen molar-refractivity contribution in [1.29, 1.82) is 0 Å². The van der Waals surface area contributed by atoms with E-state index < -0.39 is 10.2 Å². The number of hydrogen-bond donors (Lipinski definition) is 2. The highest BCUT2D eigenvalue weighted by Gasteiger charge is 2.17. The fraction of sp³-hybridized carbons (Fsp3) is 0.571. The Morgan fingerprint density at radius 3 is 2.43 bits per heavy atom. The molecule has 0 unspecified atom stereocenters. The minimum atomic E-state index is -3.56. The highest BCUT2D eigenvalue weighted by molar-refractivity contribution is 7.90. The first-order valence-corrected chi connectivity index (χ1v) is 8.67. The molecule has 1 aliphatic rings. The number of aliphatic hydroxyl groups is 1. The topological polar surface area (TPSA) is 72.9 Å². The molecule has 0 amide bonds. The SMILES string of the molecule is CN(CCCO)S(=O)(=O)Nc1ccc(N2CCCC2)cc1. The standard InChI is InChI=1S/C14H23N3O3S/c1-16(9-4-12-18)21(19,20)15-13-5-7-14(8-6-13)17-10-2-3-11-17/h5-8,15,18H,2-4,9-12H2,1H3. The summed E-state index contributed by atoms with van der Waals surface area (Å²) in [5.74, 6) is 0. The van der Waals surface area contributed by atoms with Gasteiger partial charge in [-0.2, -0.15) is 12.7 Å². The van der Waals surface area contributed by atoms with Gasteiger partial charge in [-0.05, 0) is 43.5 Å². The maximum atomic E-state index is 12.1. The van der Waals surface area contributed by atoms with Crippen molar-refractivity contribution < 1.29 is 13.5 Å². The predicted molar refractivity (Wildman–Crippen MR) is 84.8 cm³/mol. The Bertz CT molecular complexity index is 539. The lowest BCUT2D eigenvalue weighted by atomic mass is 10.2. The molecule has 2 rings (SSSR count). The summed E-state index contributed by atoms with van der Waals surface area (Å²) in [6, 6.07) is 7.45. The van der Waals surface area contributed by atoms with Gasteiger partial charge in [-0.15, -0.1) is 0 Å². The zero-order valence-corrected chi connectivity index (χ0v) is 13.1. The second kappa shape index (κ2) is 7.11. The normalized spacial score (nSPS) is 15.7.